The number of halogens is 1. The van der Waals surface area contributed by atoms with Crippen LogP contribution in [0, 0.1) is 0 Å². The minimum absolute atomic E-state index is 0.409. The van der Waals surface area contributed by atoms with E-state index in [9.17, 15) is 0 Å². The second-order valence-corrected chi connectivity index (χ2v) is 4.77. The van der Waals surface area contributed by atoms with Crippen molar-refractivity contribution >= 4 is 22.8 Å². The van der Waals surface area contributed by atoms with Crippen LogP contribution in [0.3, 0.4) is 0 Å². The number of nitrogens with two attached hydrogens (primary N) is 1. The number of pyridine rings is 1. The van der Waals surface area contributed by atoms with Crippen LogP contribution in [-0.2, 0) is 13.1 Å². The first-order chi connectivity index (χ1) is 9.19. The quantitative estimate of drug-likeness (QED) is 0.822. The molecule has 0 radical (unpaired) electrons. The molecule has 0 aliphatic heterocycles. The Morgan fingerprint density at radius 3 is 2.63 bits per heavy atom. The summed E-state index contributed by atoms with van der Waals surface area (Å²) in [7, 11) is 0. The Hall–Kier alpha value is -1.17. The topological polar surface area (TPSA) is 60.0 Å². The largest absolute Gasteiger partial charge is 0.324 e. The molecule has 0 spiro atoms. The van der Waals surface area contributed by atoms with Gasteiger partial charge in [-0.15, -0.1) is 0 Å². The molecular formula is C13H20ClN5. The molecule has 2 aromatic heterocycles. The van der Waals surface area contributed by atoms with Crippen LogP contribution in [0.4, 0.5) is 0 Å². The fraction of sp³-hybridized carbons (Fsp3) is 0.538. The molecule has 0 aromatic carbocycles. The Morgan fingerprint density at radius 2 is 2.00 bits per heavy atom. The summed E-state index contributed by atoms with van der Waals surface area (Å²) in [5, 5.41) is 0.486. The van der Waals surface area contributed by atoms with Gasteiger partial charge in [0.15, 0.2) is 5.65 Å². The van der Waals surface area contributed by atoms with Crippen LogP contribution in [0.15, 0.2) is 12.1 Å². The molecule has 2 rings (SSSR count). The van der Waals surface area contributed by atoms with Crippen LogP contribution < -0.4 is 5.73 Å². The predicted molar refractivity (Wildman–Crippen MR) is 78.2 cm³/mol. The van der Waals surface area contributed by atoms with Crippen LogP contribution in [0.25, 0.3) is 11.2 Å². The lowest BCUT2D eigenvalue weighted by atomic mass is 10.4. The summed E-state index contributed by atoms with van der Waals surface area (Å²) in [6, 6.07) is 3.64. The van der Waals surface area contributed by atoms with E-state index in [1.807, 2.05) is 6.07 Å². The van der Waals surface area contributed by atoms with E-state index in [-0.39, 0.29) is 0 Å². The van der Waals surface area contributed by atoms with E-state index in [0.717, 1.165) is 43.2 Å². The van der Waals surface area contributed by atoms with E-state index in [4.69, 9.17) is 17.3 Å². The van der Waals surface area contributed by atoms with E-state index >= 15 is 0 Å². The maximum atomic E-state index is 5.97. The number of aromatic nitrogens is 3. The molecule has 0 unspecified atom stereocenters. The molecule has 0 amide bonds. The number of nitrogens with zero attached hydrogens (tertiary/aromatic N) is 4. The average molecular weight is 282 g/mol. The van der Waals surface area contributed by atoms with E-state index in [0.29, 0.717) is 11.7 Å². The molecule has 19 heavy (non-hydrogen) atoms. The first kappa shape index (κ1) is 14.2. The van der Waals surface area contributed by atoms with Crippen molar-refractivity contribution in [3.05, 3.63) is 23.1 Å². The van der Waals surface area contributed by atoms with E-state index < -0.39 is 0 Å². The van der Waals surface area contributed by atoms with Gasteiger partial charge in [0.05, 0.1) is 6.54 Å². The fourth-order valence-electron chi connectivity index (χ4n) is 2.20. The molecule has 0 saturated heterocycles. The molecule has 0 fully saturated rings. The Morgan fingerprint density at radius 1 is 1.26 bits per heavy atom. The Balaban J connectivity index is 2.31. The van der Waals surface area contributed by atoms with Crippen LogP contribution in [-0.4, -0.2) is 39.1 Å². The fourth-order valence-corrected chi connectivity index (χ4v) is 2.34. The molecular weight excluding hydrogens is 262 g/mol. The number of fused-ring (bicyclic) bond motifs is 1. The summed E-state index contributed by atoms with van der Waals surface area (Å²) < 4.78 is 2.07. The zero-order valence-electron chi connectivity index (χ0n) is 11.4. The summed E-state index contributed by atoms with van der Waals surface area (Å²) in [6.45, 7) is 8.59. The normalized spacial score (nSPS) is 11.6. The molecule has 5 nitrogen and oxygen atoms in total. The van der Waals surface area contributed by atoms with Crippen LogP contribution in [0.1, 0.15) is 19.7 Å². The monoisotopic (exact) mass is 281 g/mol. The number of likely N-dealkylation sites (N-methyl/N-ethyl adjacent to an activating group) is 1. The predicted octanol–water partition coefficient (Wildman–Crippen LogP) is 1.89. The molecule has 2 heterocycles. The zero-order chi connectivity index (χ0) is 13.8. The smallest absolute Gasteiger partial charge is 0.161 e. The molecule has 0 aliphatic carbocycles. The summed E-state index contributed by atoms with van der Waals surface area (Å²) >= 11 is 5.97. The van der Waals surface area contributed by atoms with Gasteiger partial charge in [0.2, 0.25) is 0 Å². The maximum Gasteiger partial charge on any atom is 0.161 e. The van der Waals surface area contributed by atoms with E-state index in [1.165, 1.54) is 0 Å². The van der Waals surface area contributed by atoms with Gasteiger partial charge in [0.25, 0.3) is 0 Å². The summed E-state index contributed by atoms with van der Waals surface area (Å²) in [5.41, 5.74) is 7.44. The van der Waals surface area contributed by atoms with Gasteiger partial charge in [0.1, 0.15) is 16.5 Å². The van der Waals surface area contributed by atoms with Crippen molar-refractivity contribution in [1.29, 1.82) is 0 Å². The number of hydrogen-bond acceptors (Lipinski definition) is 4. The number of rotatable bonds is 6. The van der Waals surface area contributed by atoms with Gasteiger partial charge in [0, 0.05) is 13.1 Å². The van der Waals surface area contributed by atoms with Gasteiger partial charge in [-0.3, -0.25) is 0 Å². The van der Waals surface area contributed by atoms with Crippen molar-refractivity contribution in [3.8, 4) is 0 Å². The van der Waals surface area contributed by atoms with Gasteiger partial charge in [-0.05, 0) is 25.2 Å². The van der Waals surface area contributed by atoms with Crippen molar-refractivity contribution in [2.45, 2.75) is 26.9 Å². The third kappa shape index (κ3) is 3.05. The molecule has 0 aliphatic rings. The average Bonchev–Trinajstić information content (AvgIpc) is 2.77. The van der Waals surface area contributed by atoms with E-state index in [1.54, 1.807) is 6.07 Å². The van der Waals surface area contributed by atoms with Crippen molar-refractivity contribution in [2.24, 2.45) is 5.73 Å². The highest BCUT2D eigenvalue weighted by Gasteiger charge is 2.12. The molecule has 2 N–H and O–H groups in total. The van der Waals surface area contributed by atoms with Crippen molar-refractivity contribution in [2.75, 3.05) is 19.6 Å². The van der Waals surface area contributed by atoms with Crippen molar-refractivity contribution in [3.63, 3.8) is 0 Å². The van der Waals surface area contributed by atoms with Gasteiger partial charge in [-0.25, -0.2) is 9.97 Å². The zero-order valence-corrected chi connectivity index (χ0v) is 12.2. The van der Waals surface area contributed by atoms with Crippen LogP contribution in [0.2, 0.25) is 5.15 Å². The maximum absolute atomic E-state index is 5.97. The highest BCUT2D eigenvalue weighted by molar-refractivity contribution is 6.29. The number of imidazole rings is 1. The number of hydrogen-bond donors (Lipinski definition) is 1. The Bertz CT molecular complexity index is 547. The molecule has 104 valence electrons. The molecule has 0 bridgehead atoms. The van der Waals surface area contributed by atoms with Gasteiger partial charge in [-0.1, -0.05) is 25.4 Å². The summed E-state index contributed by atoms with van der Waals surface area (Å²) in [4.78, 5) is 11.2. The first-order valence-corrected chi connectivity index (χ1v) is 7.01. The van der Waals surface area contributed by atoms with Crippen molar-refractivity contribution in [1.82, 2.24) is 19.4 Å². The van der Waals surface area contributed by atoms with Crippen LogP contribution in [0.5, 0.6) is 0 Å². The minimum atomic E-state index is 0.409. The molecule has 2 aromatic rings. The third-order valence-corrected chi connectivity index (χ3v) is 3.56. The van der Waals surface area contributed by atoms with Gasteiger partial charge >= 0.3 is 0 Å². The second-order valence-electron chi connectivity index (χ2n) is 4.39. The highest BCUT2D eigenvalue weighted by Crippen LogP contribution is 2.17. The van der Waals surface area contributed by atoms with Gasteiger partial charge < -0.3 is 15.2 Å². The molecule has 0 atom stereocenters. The van der Waals surface area contributed by atoms with Gasteiger partial charge in [-0.2, -0.15) is 0 Å². The van der Waals surface area contributed by atoms with Crippen molar-refractivity contribution < 1.29 is 0 Å². The summed E-state index contributed by atoms with van der Waals surface area (Å²) in [5.74, 6) is 0.858. The van der Waals surface area contributed by atoms with Crippen LogP contribution >= 0.6 is 11.6 Å². The lowest BCUT2D eigenvalue weighted by Gasteiger charge is -2.18. The summed E-state index contributed by atoms with van der Waals surface area (Å²) in [6.07, 6.45) is 0. The second kappa shape index (κ2) is 6.32. The third-order valence-electron chi connectivity index (χ3n) is 3.35. The lowest BCUT2D eigenvalue weighted by Crippen LogP contribution is -2.27. The lowest BCUT2D eigenvalue weighted by molar-refractivity contribution is 0.290. The SMILES string of the molecule is CCN(CC)CCn1c(CN)nc2ccc(Cl)nc21. The molecule has 0 saturated carbocycles. The first-order valence-electron chi connectivity index (χ1n) is 6.63. The Labute approximate surface area is 118 Å². The van der Waals surface area contributed by atoms with E-state index in [2.05, 4.69) is 33.3 Å². The standard InChI is InChI=1S/C13H20ClN5/c1-3-18(4-2)7-8-19-12(9-15)16-10-5-6-11(14)17-13(10)19/h5-6H,3-4,7-9,15H2,1-2H3. The highest BCUT2D eigenvalue weighted by atomic mass is 35.5. The molecule has 6 heteroatoms. The Kier molecular flexibility index (Phi) is 4.74. The minimum Gasteiger partial charge on any atom is -0.324 e.